The van der Waals surface area contributed by atoms with Crippen molar-refractivity contribution >= 4 is 23.2 Å². The Labute approximate surface area is 131 Å². The number of rotatable bonds is 7. The van der Waals surface area contributed by atoms with Crippen LogP contribution in [-0.4, -0.2) is 35.6 Å². The Morgan fingerprint density at radius 1 is 1.32 bits per heavy atom. The lowest BCUT2D eigenvalue weighted by Crippen LogP contribution is -2.26. The molecule has 0 aliphatic carbocycles. The molecular weight excluding hydrogens is 304 g/mol. The highest BCUT2D eigenvalue weighted by molar-refractivity contribution is 7.09. The average Bonchev–Trinajstić information content (AvgIpc) is 2.97. The third-order valence-electron chi connectivity index (χ3n) is 2.95. The number of benzene rings is 1. The second kappa shape index (κ2) is 7.67. The number of carboxylic acids is 1. The number of methoxy groups -OCH3 is 1. The largest absolute Gasteiger partial charge is 0.478 e. The fourth-order valence-corrected chi connectivity index (χ4v) is 2.57. The van der Waals surface area contributed by atoms with Crippen LogP contribution in [0.1, 0.15) is 31.4 Å². The molecule has 0 radical (unpaired) electrons. The van der Waals surface area contributed by atoms with Gasteiger partial charge in [-0.25, -0.2) is 9.78 Å². The number of aromatic carboxylic acids is 1. The lowest BCUT2D eigenvalue weighted by Gasteiger charge is -2.04. The number of aromatic nitrogens is 1. The molecule has 2 rings (SSSR count). The third-order valence-corrected chi connectivity index (χ3v) is 3.77. The molecule has 2 N–H and O–H groups in total. The van der Waals surface area contributed by atoms with E-state index in [9.17, 15) is 9.59 Å². The minimum absolute atomic E-state index is 0.222. The summed E-state index contributed by atoms with van der Waals surface area (Å²) >= 11 is 1.38. The summed E-state index contributed by atoms with van der Waals surface area (Å²) in [6, 6.07) is 6.60. The number of nitrogens with zero attached hydrogens (tertiary/aromatic N) is 1. The molecule has 116 valence electrons. The first kappa shape index (κ1) is 16.1. The Kier molecular flexibility index (Phi) is 5.62. The molecule has 1 aromatic heterocycles. The van der Waals surface area contributed by atoms with E-state index < -0.39 is 5.97 Å². The molecule has 0 saturated heterocycles. The van der Waals surface area contributed by atoms with Crippen LogP contribution in [0, 0.1) is 0 Å². The van der Waals surface area contributed by atoms with E-state index in [1.165, 1.54) is 11.3 Å². The fourth-order valence-electron chi connectivity index (χ4n) is 1.83. The lowest BCUT2D eigenvalue weighted by atomic mass is 10.1. The standard InChI is InChI=1S/C15H16N2O4S/c1-21-8-13-17-12(9-22-13)14(18)16-7-6-10-2-4-11(5-3-10)15(19)20/h2-5,9H,6-8H2,1H3,(H,16,18)(H,19,20). The van der Waals surface area contributed by atoms with Gasteiger partial charge in [-0.1, -0.05) is 12.1 Å². The summed E-state index contributed by atoms with van der Waals surface area (Å²) in [6.45, 7) is 0.857. The van der Waals surface area contributed by atoms with E-state index in [1.54, 1.807) is 36.8 Å². The van der Waals surface area contributed by atoms with Crippen molar-refractivity contribution in [3.05, 3.63) is 51.5 Å². The number of carbonyl (C=O) groups is 2. The van der Waals surface area contributed by atoms with Gasteiger partial charge in [-0.05, 0) is 24.1 Å². The fraction of sp³-hybridized carbons (Fsp3) is 0.267. The van der Waals surface area contributed by atoms with Crippen molar-refractivity contribution in [2.45, 2.75) is 13.0 Å². The van der Waals surface area contributed by atoms with Gasteiger partial charge in [-0.2, -0.15) is 0 Å². The van der Waals surface area contributed by atoms with E-state index in [4.69, 9.17) is 9.84 Å². The monoisotopic (exact) mass is 320 g/mol. The van der Waals surface area contributed by atoms with Crippen LogP contribution in [-0.2, 0) is 17.8 Å². The topological polar surface area (TPSA) is 88.5 Å². The summed E-state index contributed by atoms with van der Waals surface area (Å²) in [5.74, 6) is -1.17. The normalized spacial score (nSPS) is 10.4. The molecule has 0 unspecified atom stereocenters. The van der Waals surface area contributed by atoms with Crippen LogP contribution in [0.2, 0.25) is 0 Å². The summed E-state index contributed by atoms with van der Waals surface area (Å²) in [7, 11) is 1.58. The summed E-state index contributed by atoms with van der Waals surface area (Å²) in [4.78, 5) is 26.8. The van der Waals surface area contributed by atoms with Gasteiger partial charge < -0.3 is 15.2 Å². The number of carboxylic acid groups (broad SMARTS) is 1. The highest BCUT2D eigenvalue weighted by Gasteiger charge is 2.10. The molecule has 1 aromatic carbocycles. The van der Waals surface area contributed by atoms with Gasteiger partial charge in [0.05, 0.1) is 12.2 Å². The molecule has 0 bridgehead atoms. The second-order valence-corrected chi connectivity index (χ2v) is 5.51. The van der Waals surface area contributed by atoms with Crippen molar-refractivity contribution in [2.75, 3.05) is 13.7 Å². The Balaban J connectivity index is 1.82. The first-order valence-electron chi connectivity index (χ1n) is 6.64. The SMILES string of the molecule is COCc1nc(C(=O)NCCc2ccc(C(=O)O)cc2)cs1. The molecule has 0 aliphatic heterocycles. The summed E-state index contributed by atoms with van der Waals surface area (Å²) in [5, 5.41) is 14.1. The van der Waals surface area contributed by atoms with Gasteiger partial charge in [0.2, 0.25) is 0 Å². The Morgan fingerprint density at radius 2 is 2.05 bits per heavy atom. The van der Waals surface area contributed by atoms with E-state index in [0.29, 0.717) is 25.3 Å². The molecule has 0 fully saturated rings. The van der Waals surface area contributed by atoms with Crippen LogP contribution in [0.3, 0.4) is 0 Å². The number of carbonyl (C=O) groups excluding carboxylic acids is 1. The molecule has 0 atom stereocenters. The average molecular weight is 320 g/mol. The van der Waals surface area contributed by atoms with Crippen LogP contribution in [0.4, 0.5) is 0 Å². The molecular formula is C15H16N2O4S. The van der Waals surface area contributed by atoms with Crippen LogP contribution in [0.5, 0.6) is 0 Å². The zero-order valence-corrected chi connectivity index (χ0v) is 12.9. The first-order chi connectivity index (χ1) is 10.6. The van der Waals surface area contributed by atoms with Crippen molar-refractivity contribution in [1.82, 2.24) is 10.3 Å². The quantitative estimate of drug-likeness (QED) is 0.814. The van der Waals surface area contributed by atoms with Gasteiger partial charge >= 0.3 is 5.97 Å². The zero-order valence-electron chi connectivity index (χ0n) is 12.0. The molecule has 22 heavy (non-hydrogen) atoms. The van der Waals surface area contributed by atoms with Gasteiger partial charge in [0, 0.05) is 19.0 Å². The van der Waals surface area contributed by atoms with Crippen LogP contribution >= 0.6 is 11.3 Å². The van der Waals surface area contributed by atoms with Crippen molar-refractivity contribution in [2.24, 2.45) is 0 Å². The Hall–Kier alpha value is -2.25. The zero-order chi connectivity index (χ0) is 15.9. The molecule has 0 saturated carbocycles. The molecule has 7 heteroatoms. The highest BCUT2D eigenvalue weighted by atomic mass is 32.1. The maximum absolute atomic E-state index is 11.9. The number of thiazole rings is 1. The van der Waals surface area contributed by atoms with Gasteiger partial charge in [0.1, 0.15) is 10.7 Å². The molecule has 0 spiro atoms. The van der Waals surface area contributed by atoms with E-state index in [0.717, 1.165) is 10.6 Å². The molecule has 2 aromatic rings. The van der Waals surface area contributed by atoms with E-state index in [1.807, 2.05) is 0 Å². The Bertz CT molecular complexity index is 652. The molecule has 6 nitrogen and oxygen atoms in total. The van der Waals surface area contributed by atoms with Crippen LogP contribution in [0.25, 0.3) is 0 Å². The Morgan fingerprint density at radius 3 is 2.68 bits per heavy atom. The number of hydrogen-bond donors (Lipinski definition) is 2. The van der Waals surface area contributed by atoms with Crippen molar-refractivity contribution in [1.29, 1.82) is 0 Å². The smallest absolute Gasteiger partial charge is 0.335 e. The molecule has 0 aliphatic rings. The first-order valence-corrected chi connectivity index (χ1v) is 7.52. The predicted octanol–water partition coefficient (Wildman–Crippen LogP) is 1.96. The summed E-state index contributed by atoms with van der Waals surface area (Å²) in [6.07, 6.45) is 0.626. The van der Waals surface area contributed by atoms with Gasteiger partial charge in [0.25, 0.3) is 5.91 Å². The molecule has 1 amide bonds. The van der Waals surface area contributed by atoms with E-state index in [-0.39, 0.29) is 11.5 Å². The van der Waals surface area contributed by atoms with Crippen LogP contribution < -0.4 is 5.32 Å². The van der Waals surface area contributed by atoms with E-state index >= 15 is 0 Å². The van der Waals surface area contributed by atoms with Gasteiger partial charge in [-0.15, -0.1) is 11.3 Å². The predicted molar refractivity (Wildman–Crippen MR) is 82.3 cm³/mol. The second-order valence-electron chi connectivity index (χ2n) is 4.57. The van der Waals surface area contributed by atoms with Crippen LogP contribution in [0.15, 0.2) is 29.6 Å². The van der Waals surface area contributed by atoms with E-state index in [2.05, 4.69) is 10.3 Å². The summed E-state index contributed by atoms with van der Waals surface area (Å²) < 4.78 is 4.96. The minimum Gasteiger partial charge on any atom is -0.478 e. The van der Waals surface area contributed by atoms with Gasteiger partial charge in [-0.3, -0.25) is 4.79 Å². The minimum atomic E-state index is -0.949. The lowest BCUT2D eigenvalue weighted by molar-refractivity contribution is 0.0696. The summed E-state index contributed by atoms with van der Waals surface area (Å²) in [5.41, 5.74) is 1.60. The van der Waals surface area contributed by atoms with Crippen molar-refractivity contribution < 1.29 is 19.4 Å². The van der Waals surface area contributed by atoms with Gasteiger partial charge in [0.15, 0.2) is 0 Å². The molecule has 1 heterocycles. The van der Waals surface area contributed by atoms with Crippen molar-refractivity contribution in [3.63, 3.8) is 0 Å². The van der Waals surface area contributed by atoms with Crippen molar-refractivity contribution in [3.8, 4) is 0 Å². The number of amides is 1. The number of hydrogen-bond acceptors (Lipinski definition) is 5. The number of nitrogens with one attached hydrogen (secondary N) is 1. The number of ether oxygens (including phenoxy) is 1. The third kappa shape index (κ3) is 4.37. The maximum Gasteiger partial charge on any atom is 0.335 e. The highest BCUT2D eigenvalue weighted by Crippen LogP contribution is 2.10. The maximum atomic E-state index is 11.9.